The van der Waals surface area contributed by atoms with Crippen LogP contribution in [0, 0.1) is 0 Å². The summed E-state index contributed by atoms with van der Waals surface area (Å²) in [6.07, 6.45) is 1.59. The van der Waals surface area contributed by atoms with Crippen LogP contribution in [0.5, 0.6) is 0 Å². The number of hydrogen-bond acceptors (Lipinski definition) is 4. The van der Waals surface area contributed by atoms with Crippen molar-refractivity contribution in [2.45, 2.75) is 19.1 Å². The lowest BCUT2D eigenvalue weighted by Gasteiger charge is -2.36. The van der Waals surface area contributed by atoms with Crippen molar-refractivity contribution in [3.05, 3.63) is 23.4 Å². The summed E-state index contributed by atoms with van der Waals surface area (Å²) in [7, 11) is 0. The van der Waals surface area contributed by atoms with E-state index < -0.39 is 0 Å². The standard InChI is InChI=1S/C11H15ClN2O2/c1-8-5-14(6-10(7-15)16-8)11-3-2-9(12)4-13-11/h2-4,8,10,15H,5-7H2,1H3. The van der Waals surface area contributed by atoms with Crippen molar-refractivity contribution in [3.8, 4) is 0 Å². The van der Waals surface area contributed by atoms with Crippen LogP contribution < -0.4 is 4.90 Å². The summed E-state index contributed by atoms with van der Waals surface area (Å²) in [5.74, 6) is 0.873. The van der Waals surface area contributed by atoms with Crippen molar-refractivity contribution in [2.24, 2.45) is 0 Å². The maximum absolute atomic E-state index is 9.12. The van der Waals surface area contributed by atoms with E-state index in [-0.39, 0.29) is 18.8 Å². The third-order valence-electron chi connectivity index (χ3n) is 2.57. The molecule has 16 heavy (non-hydrogen) atoms. The number of hydrogen-bond donors (Lipinski definition) is 1. The van der Waals surface area contributed by atoms with E-state index in [0.717, 1.165) is 12.4 Å². The van der Waals surface area contributed by atoms with Crippen LogP contribution in [0.3, 0.4) is 0 Å². The Morgan fingerprint density at radius 2 is 2.38 bits per heavy atom. The minimum absolute atomic E-state index is 0.0361. The fraction of sp³-hybridized carbons (Fsp3) is 0.545. The zero-order valence-corrected chi connectivity index (χ0v) is 9.89. The van der Waals surface area contributed by atoms with Crippen molar-refractivity contribution in [1.82, 2.24) is 4.98 Å². The number of aliphatic hydroxyl groups excluding tert-OH is 1. The Kier molecular flexibility index (Phi) is 3.63. The molecule has 2 heterocycles. The highest BCUT2D eigenvalue weighted by Gasteiger charge is 2.25. The quantitative estimate of drug-likeness (QED) is 0.850. The summed E-state index contributed by atoms with van der Waals surface area (Å²) in [4.78, 5) is 6.36. The number of anilines is 1. The number of halogens is 1. The van der Waals surface area contributed by atoms with Gasteiger partial charge in [0.1, 0.15) is 5.82 Å². The molecule has 1 N–H and O–H groups in total. The predicted octanol–water partition coefficient (Wildman–Crippen LogP) is 1.32. The molecule has 0 bridgehead atoms. The molecule has 0 spiro atoms. The summed E-state index contributed by atoms with van der Waals surface area (Å²) in [6, 6.07) is 3.70. The maximum atomic E-state index is 9.12. The second-order valence-electron chi connectivity index (χ2n) is 3.99. The lowest BCUT2D eigenvalue weighted by Crippen LogP contribution is -2.48. The van der Waals surface area contributed by atoms with Gasteiger partial charge in [0.2, 0.25) is 0 Å². The molecule has 0 saturated carbocycles. The normalized spacial score (nSPS) is 25.8. The first-order chi connectivity index (χ1) is 7.69. The number of aromatic nitrogens is 1. The van der Waals surface area contributed by atoms with E-state index in [1.54, 1.807) is 6.20 Å². The number of aliphatic hydroxyl groups is 1. The van der Waals surface area contributed by atoms with Gasteiger partial charge in [-0.15, -0.1) is 0 Å². The van der Waals surface area contributed by atoms with Crippen LogP contribution in [0.2, 0.25) is 5.02 Å². The van der Waals surface area contributed by atoms with Gasteiger partial charge in [-0.05, 0) is 19.1 Å². The van der Waals surface area contributed by atoms with Gasteiger partial charge in [-0.3, -0.25) is 0 Å². The van der Waals surface area contributed by atoms with E-state index in [1.807, 2.05) is 19.1 Å². The molecule has 0 aromatic carbocycles. The van der Waals surface area contributed by atoms with E-state index in [1.165, 1.54) is 0 Å². The Bertz CT molecular complexity index is 344. The molecular formula is C11H15ClN2O2. The summed E-state index contributed by atoms with van der Waals surface area (Å²) < 4.78 is 5.57. The highest BCUT2D eigenvalue weighted by molar-refractivity contribution is 6.30. The van der Waals surface area contributed by atoms with E-state index in [0.29, 0.717) is 11.6 Å². The molecule has 5 heteroatoms. The number of nitrogens with zero attached hydrogens (tertiary/aromatic N) is 2. The summed E-state index contributed by atoms with van der Waals surface area (Å²) in [5, 5.41) is 9.75. The van der Waals surface area contributed by atoms with Crippen molar-refractivity contribution in [3.63, 3.8) is 0 Å². The monoisotopic (exact) mass is 242 g/mol. The van der Waals surface area contributed by atoms with Crippen molar-refractivity contribution >= 4 is 17.4 Å². The fourth-order valence-electron chi connectivity index (χ4n) is 1.89. The summed E-state index contributed by atoms with van der Waals surface area (Å²) in [6.45, 7) is 3.47. The topological polar surface area (TPSA) is 45.6 Å². The van der Waals surface area contributed by atoms with Crippen LogP contribution in [0.25, 0.3) is 0 Å². The highest BCUT2D eigenvalue weighted by atomic mass is 35.5. The SMILES string of the molecule is CC1CN(c2ccc(Cl)cn2)CC(CO)O1. The molecule has 88 valence electrons. The largest absolute Gasteiger partial charge is 0.394 e. The highest BCUT2D eigenvalue weighted by Crippen LogP contribution is 2.19. The lowest BCUT2D eigenvalue weighted by atomic mass is 10.2. The Balaban J connectivity index is 2.11. The third-order valence-corrected chi connectivity index (χ3v) is 2.79. The van der Waals surface area contributed by atoms with Crippen molar-refractivity contribution < 1.29 is 9.84 Å². The number of morpholine rings is 1. The average Bonchev–Trinajstić information content (AvgIpc) is 2.29. The van der Waals surface area contributed by atoms with Crippen LogP contribution in [0.1, 0.15) is 6.92 Å². The van der Waals surface area contributed by atoms with Gasteiger partial charge in [0.05, 0.1) is 23.8 Å². The minimum Gasteiger partial charge on any atom is -0.394 e. The van der Waals surface area contributed by atoms with Gasteiger partial charge in [-0.25, -0.2) is 4.98 Å². The molecule has 2 unspecified atom stereocenters. The van der Waals surface area contributed by atoms with Gasteiger partial charge < -0.3 is 14.7 Å². The van der Waals surface area contributed by atoms with Gasteiger partial charge in [0.25, 0.3) is 0 Å². The minimum atomic E-state index is -0.138. The zero-order chi connectivity index (χ0) is 11.5. The zero-order valence-electron chi connectivity index (χ0n) is 9.14. The molecule has 2 atom stereocenters. The molecule has 0 aliphatic carbocycles. The average molecular weight is 243 g/mol. The van der Waals surface area contributed by atoms with Gasteiger partial charge in [0.15, 0.2) is 0 Å². The van der Waals surface area contributed by atoms with Crippen molar-refractivity contribution in [1.29, 1.82) is 0 Å². The second-order valence-corrected chi connectivity index (χ2v) is 4.43. The van der Waals surface area contributed by atoms with Crippen LogP contribution >= 0.6 is 11.6 Å². The van der Waals surface area contributed by atoms with Crippen LogP contribution in [0.15, 0.2) is 18.3 Å². The van der Waals surface area contributed by atoms with E-state index in [9.17, 15) is 0 Å². The van der Waals surface area contributed by atoms with Crippen LogP contribution in [0.4, 0.5) is 5.82 Å². The van der Waals surface area contributed by atoms with E-state index >= 15 is 0 Å². The molecule has 4 nitrogen and oxygen atoms in total. The smallest absolute Gasteiger partial charge is 0.128 e. The maximum Gasteiger partial charge on any atom is 0.128 e. The molecule has 1 aromatic rings. The second kappa shape index (κ2) is 4.99. The van der Waals surface area contributed by atoms with Gasteiger partial charge >= 0.3 is 0 Å². The number of rotatable bonds is 2. The Hall–Kier alpha value is -0.840. The number of pyridine rings is 1. The van der Waals surface area contributed by atoms with E-state index in [2.05, 4.69) is 9.88 Å². The molecular weight excluding hydrogens is 228 g/mol. The first kappa shape index (κ1) is 11.6. The van der Waals surface area contributed by atoms with Crippen LogP contribution in [-0.2, 0) is 4.74 Å². The molecule has 2 rings (SSSR count). The van der Waals surface area contributed by atoms with E-state index in [4.69, 9.17) is 21.4 Å². The molecule has 0 amide bonds. The first-order valence-electron chi connectivity index (χ1n) is 5.32. The molecule has 1 aliphatic heterocycles. The third kappa shape index (κ3) is 2.64. The molecule has 0 radical (unpaired) electrons. The summed E-state index contributed by atoms with van der Waals surface area (Å²) in [5.41, 5.74) is 0. The molecule has 1 aromatic heterocycles. The van der Waals surface area contributed by atoms with Gasteiger partial charge in [0, 0.05) is 19.3 Å². The number of ether oxygens (including phenoxy) is 1. The predicted molar refractivity (Wildman–Crippen MR) is 62.9 cm³/mol. The fourth-order valence-corrected chi connectivity index (χ4v) is 2.00. The first-order valence-corrected chi connectivity index (χ1v) is 5.69. The molecule has 1 saturated heterocycles. The lowest BCUT2D eigenvalue weighted by molar-refractivity contribution is -0.0423. The Morgan fingerprint density at radius 1 is 1.56 bits per heavy atom. The van der Waals surface area contributed by atoms with Crippen LogP contribution in [-0.4, -0.2) is 42.0 Å². The Morgan fingerprint density at radius 3 is 3.00 bits per heavy atom. The molecule has 1 fully saturated rings. The summed E-state index contributed by atoms with van der Waals surface area (Å²) >= 11 is 5.79. The Labute approximate surface area is 99.8 Å². The van der Waals surface area contributed by atoms with Crippen molar-refractivity contribution in [2.75, 3.05) is 24.6 Å². The van der Waals surface area contributed by atoms with Gasteiger partial charge in [-0.1, -0.05) is 11.6 Å². The van der Waals surface area contributed by atoms with Gasteiger partial charge in [-0.2, -0.15) is 0 Å². The molecule has 1 aliphatic rings.